The fourth-order valence-corrected chi connectivity index (χ4v) is 3.62. The van der Waals surface area contributed by atoms with Crippen LogP contribution in [0.25, 0.3) is 17.0 Å². The minimum atomic E-state index is -0.559. The first-order valence-electron chi connectivity index (χ1n) is 12.3. The van der Waals surface area contributed by atoms with Gasteiger partial charge in [-0.15, -0.1) is 6.58 Å². The molecule has 36 heavy (non-hydrogen) atoms. The second kappa shape index (κ2) is 10.6. The lowest BCUT2D eigenvalue weighted by Gasteiger charge is -2.32. The van der Waals surface area contributed by atoms with E-state index in [1.54, 1.807) is 23.4 Å². The number of carbonyl (C=O) groups is 1. The van der Waals surface area contributed by atoms with Gasteiger partial charge < -0.3 is 18.9 Å². The van der Waals surface area contributed by atoms with Crippen LogP contribution in [-0.2, 0) is 14.0 Å². The minimum absolute atomic E-state index is 0.372. The van der Waals surface area contributed by atoms with Gasteiger partial charge in [-0.25, -0.2) is 14.8 Å². The van der Waals surface area contributed by atoms with E-state index < -0.39 is 23.9 Å². The summed E-state index contributed by atoms with van der Waals surface area (Å²) in [7, 11) is -0.447. The Bertz CT molecular complexity index is 1090. The summed E-state index contributed by atoms with van der Waals surface area (Å²) in [5, 5.41) is 0. The summed E-state index contributed by atoms with van der Waals surface area (Å²) in [5.74, 6) is 0.604. The molecule has 1 saturated heterocycles. The maximum Gasteiger partial charge on any atom is 0.494 e. The van der Waals surface area contributed by atoms with E-state index in [0.29, 0.717) is 25.3 Å². The van der Waals surface area contributed by atoms with Crippen molar-refractivity contribution in [1.82, 2.24) is 14.9 Å². The molecule has 1 aromatic carbocycles. The van der Waals surface area contributed by atoms with Crippen molar-refractivity contribution in [3.8, 4) is 11.4 Å². The molecule has 0 bridgehead atoms. The summed E-state index contributed by atoms with van der Waals surface area (Å²) in [4.78, 5) is 23.2. The van der Waals surface area contributed by atoms with Crippen molar-refractivity contribution in [2.75, 3.05) is 13.1 Å². The highest BCUT2D eigenvalue weighted by Crippen LogP contribution is 2.36. The van der Waals surface area contributed by atoms with Crippen LogP contribution in [0.3, 0.4) is 0 Å². The molecule has 3 rings (SSSR count). The first kappa shape index (κ1) is 27.6. The Balaban J connectivity index is 1.67. The van der Waals surface area contributed by atoms with Crippen LogP contribution in [-0.4, -0.2) is 58.0 Å². The molecular formula is C28H38BN3O4. The van der Waals surface area contributed by atoms with Crippen LogP contribution in [0.5, 0.6) is 0 Å². The van der Waals surface area contributed by atoms with E-state index >= 15 is 0 Å². The summed E-state index contributed by atoms with van der Waals surface area (Å²) >= 11 is 0. The number of nitrogens with zero attached hydrogens (tertiary/aromatic N) is 3. The minimum Gasteiger partial charge on any atom is -0.444 e. The Hall–Kier alpha value is -2.97. The second-order valence-corrected chi connectivity index (χ2v) is 11.1. The average molecular weight is 491 g/mol. The molecule has 1 amide bonds. The molecule has 2 heterocycles. The lowest BCUT2D eigenvalue weighted by atomic mass is 9.78. The molecule has 2 aromatic rings. The average Bonchev–Trinajstić information content (AvgIpc) is 3.02. The first-order valence-corrected chi connectivity index (χ1v) is 12.3. The standard InChI is InChI=1S/C28H38BN3O4/c1-10-15-32(25(33)34-26(3,4)5)16-14-20(2)22-18-30-24(31-19-22)21-12-11-13-23(17-21)29-35-27(6,7)28(8,9)36-29/h10-13,17-19H,1-2,14-16H2,3-9H3. The molecule has 0 N–H and O–H groups in total. The molecular weight excluding hydrogens is 453 g/mol. The van der Waals surface area contributed by atoms with Crippen molar-refractivity contribution in [2.24, 2.45) is 0 Å². The molecule has 0 saturated carbocycles. The summed E-state index contributed by atoms with van der Waals surface area (Å²) in [6.45, 7) is 22.5. The maximum atomic E-state index is 12.5. The molecule has 0 radical (unpaired) electrons. The third-order valence-electron chi connectivity index (χ3n) is 6.42. The summed E-state index contributed by atoms with van der Waals surface area (Å²) < 4.78 is 17.9. The van der Waals surface area contributed by atoms with Gasteiger partial charge >= 0.3 is 13.2 Å². The third-order valence-corrected chi connectivity index (χ3v) is 6.42. The van der Waals surface area contributed by atoms with Gasteiger partial charge in [-0.1, -0.05) is 36.9 Å². The van der Waals surface area contributed by atoms with Gasteiger partial charge in [0.05, 0.1) is 11.2 Å². The van der Waals surface area contributed by atoms with Crippen LogP contribution in [0, 0.1) is 0 Å². The Morgan fingerprint density at radius 2 is 1.75 bits per heavy atom. The Labute approximate surface area is 215 Å². The lowest BCUT2D eigenvalue weighted by Crippen LogP contribution is -2.41. The fraction of sp³-hybridized carbons (Fsp3) is 0.464. The van der Waals surface area contributed by atoms with Crippen LogP contribution in [0.1, 0.15) is 60.5 Å². The number of rotatable bonds is 8. The lowest BCUT2D eigenvalue weighted by molar-refractivity contribution is 0.00578. The first-order chi connectivity index (χ1) is 16.7. The zero-order valence-electron chi connectivity index (χ0n) is 22.6. The van der Waals surface area contributed by atoms with Crippen molar-refractivity contribution in [2.45, 2.75) is 71.7 Å². The van der Waals surface area contributed by atoms with E-state index in [4.69, 9.17) is 14.0 Å². The van der Waals surface area contributed by atoms with E-state index in [2.05, 4.69) is 23.1 Å². The van der Waals surface area contributed by atoms with Crippen LogP contribution in [0.2, 0.25) is 0 Å². The predicted molar refractivity (Wildman–Crippen MR) is 145 cm³/mol. The summed E-state index contributed by atoms with van der Waals surface area (Å²) in [6, 6.07) is 7.91. The van der Waals surface area contributed by atoms with Gasteiger partial charge in [0, 0.05) is 36.6 Å². The fourth-order valence-electron chi connectivity index (χ4n) is 3.62. The second-order valence-electron chi connectivity index (χ2n) is 11.1. The van der Waals surface area contributed by atoms with E-state index in [9.17, 15) is 4.79 Å². The number of hydrogen-bond acceptors (Lipinski definition) is 6. The topological polar surface area (TPSA) is 73.8 Å². The number of aromatic nitrogens is 2. The largest absolute Gasteiger partial charge is 0.494 e. The molecule has 7 nitrogen and oxygen atoms in total. The number of benzene rings is 1. The van der Waals surface area contributed by atoms with E-state index in [1.165, 1.54) is 0 Å². The molecule has 0 atom stereocenters. The van der Waals surface area contributed by atoms with Gasteiger partial charge in [-0.2, -0.15) is 0 Å². The maximum absolute atomic E-state index is 12.5. The zero-order chi connectivity index (χ0) is 26.7. The quantitative estimate of drug-likeness (QED) is 0.370. The molecule has 8 heteroatoms. The third kappa shape index (κ3) is 6.62. The van der Waals surface area contributed by atoms with E-state index in [0.717, 1.165) is 22.2 Å². The molecule has 0 aliphatic carbocycles. The van der Waals surface area contributed by atoms with Crippen molar-refractivity contribution >= 4 is 24.2 Å². The SMILES string of the molecule is C=CCN(CCC(=C)c1cnc(-c2cccc(B3OC(C)(C)C(C)(C)O3)c2)nc1)C(=O)OC(C)(C)C. The number of carbonyl (C=O) groups excluding carboxylic acids is 1. The van der Waals surface area contributed by atoms with Gasteiger partial charge in [-0.3, -0.25) is 0 Å². The van der Waals surface area contributed by atoms with Crippen molar-refractivity contribution < 1.29 is 18.8 Å². The van der Waals surface area contributed by atoms with Crippen LogP contribution < -0.4 is 5.46 Å². The van der Waals surface area contributed by atoms with Gasteiger partial charge in [0.1, 0.15) is 5.60 Å². The van der Waals surface area contributed by atoms with E-state index in [1.807, 2.05) is 72.7 Å². The number of ether oxygens (including phenoxy) is 1. The molecule has 1 aliphatic rings. The van der Waals surface area contributed by atoms with Crippen LogP contribution in [0.15, 0.2) is 55.9 Å². The number of amides is 1. The molecule has 192 valence electrons. The Morgan fingerprint density at radius 1 is 1.14 bits per heavy atom. The monoisotopic (exact) mass is 491 g/mol. The highest BCUT2D eigenvalue weighted by Gasteiger charge is 2.51. The molecule has 1 aliphatic heterocycles. The van der Waals surface area contributed by atoms with Gasteiger partial charge in [0.25, 0.3) is 0 Å². The predicted octanol–water partition coefficient (Wildman–Crippen LogP) is 5.27. The van der Waals surface area contributed by atoms with Gasteiger partial charge in [-0.05, 0) is 65.9 Å². The molecule has 1 aromatic heterocycles. The summed E-state index contributed by atoms with van der Waals surface area (Å²) in [5.41, 5.74) is 2.09. The summed E-state index contributed by atoms with van der Waals surface area (Å²) in [6.07, 6.45) is 5.40. The van der Waals surface area contributed by atoms with Crippen molar-refractivity contribution in [3.05, 3.63) is 61.5 Å². The van der Waals surface area contributed by atoms with Crippen molar-refractivity contribution in [1.29, 1.82) is 0 Å². The Morgan fingerprint density at radius 3 is 2.31 bits per heavy atom. The zero-order valence-corrected chi connectivity index (χ0v) is 22.6. The smallest absolute Gasteiger partial charge is 0.444 e. The normalized spacial score (nSPS) is 16.5. The highest BCUT2D eigenvalue weighted by atomic mass is 16.7. The molecule has 0 unspecified atom stereocenters. The number of hydrogen-bond donors (Lipinski definition) is 0. The van der Waals surface area contributed by atoms with E-state index in [-0.39, 0.29) is 6.09 Å². The van der Waals surface area contributed by atoms with Crippen molar-refractivity contribution in [3.63, 3.8) is 0 Å². The van der Waals surface area contributed by atoms with Gasteiger partial charge in [0.15, 0.2) is 5.82 Å². The Kier molecular flexibility index (Phi) is 8.11. The van der Waals surface area contributed by atoms with Gasteiger partial charge in [0.2, 0.25) is 0 Å². The van der Waals surface area contributed by atoms with Crippen LogP contribution in [0.4, 0.5) is 4.79 Å². The molecule has 1 fully saturated rings. The van der Waals surface area contributed by atoms with Crippen LogP contribution >= 0.6 is 0 Å². The molecule has 0 spiro atoms. The highest BCUT2D eigenvalue weighted by molar-refractivity contribution is 6.62.